The van der Waals surface area contributed by atoms with Crippen LogP contribution in [0.3, 0.4) is 0 Å². The Balaban J connectivity index is 1.48. The fourth-order valence-electron chi connectivity index (χ4n) is 6.42. The van der Waals surface area contributed by atoms with Crippen molar-refractivity contribution in [3.05, 3.63) is 60.2 Å². The molecule has 166 valence electrons. The number of rotatable bonds is 8. The van der Waals surface area contributed by atoms with E-state index >= 15 is 0 Å². The number of carbonyl (C=O) groups excluding carboxylic acids is 1. The molecule has 0 bridgehead atoms. The third-order valence-electron chi connectivity index (χ3n) is 8.30. The summed E-state index contributed by atoms with van der Waals surface area (Å²) >= 11 is 0. The lowest BCUT2D eigenvalue weighted by Gasteiger charge is -2.45. The second kappa shape index (κ2) is 10.6. The first-order chi connectivity index (χ1) is 15.2. The average Bonchev–Trinajstić information content (AvgIpc) is 2.85. The van der Waals surface area contributed by atoms with E-state index in [0.29, 0.717) is 11.7 Å². The lowest BCUT2D eigenvalue weighted by atomic mass is 9.57. The zero-order valence-corrected chi connectivity index (χ0v) is 19.5. The molecule has 2 saturated carbocycles. The van der Waals surface area contributed by atoms with E-state index in [1.165, 1.54) is 81.8 Å². The summed E-state index contributed by atoms with van der Waals surface area (Å²) in [4.78, 5) is 14.0. The number of benzene rings is 2. The summed E-state index contributed by atoms with van der Waals surface area (Å²) in [6.07, 6.45) is 16.7. The van der Waals surface area contributed by atoms with Gasteiger partial charge in [0.05, 0.1) is 0 Å². The van der Waals surface area contributed by atoms with Crippen molar-refractivity contribution in [2.45, 2.75) is 90.4 Å². The van der Waals surface area contributed by atoms with Crippen LogP contribution in [-0.2, 0) is 0 Å². The molecule has 2 aromatic carbocycles. The van der Waals surface area contributed by atoms with Gasteiger partial charge in [-0.05, 0) is 48.6 Å². The molecule has 0 amide bonds. The van der Waals surface area contributed by atoms with Crippen LogP contribution in [0.15, 0.2) is 54.6 Å². The van der Waals surface area contributed by atoms with E-state index in [2.05, 4.69) is 55.5 Å². The highest BCUT2D eigenvalue weighted by molar-refractivity contribution is 6.01. The first-order valence-electron chi connectivity index (χ1n) is 12.9. The molecule has 0 aromatic heterocycles. The summed E-state index contributed by atoms with van der Waals surface area (Å²) in [5.74, 6) is 1.95. The van der Waals surface area contributed by atoms with Gasteiger partial charge in [-0.3, -0.25) is 4.79 Å². The molecular formula is C30H40O. The molecule has 2 aliphatic rings. The minimum Gasteiger partial charge on any atom is -0.294 e. The number of carbonyl (C=O) groups is 1. The first-order valence-corrected chi connectivity index (χ1v) is 12.9. The molecule has 0 radical (unpaired) electrons. The Morgan fingerprint density at radius 1 is 0.806 bits per heavy atom. The summed E-state index contributed by atoms with van der Waals surface area (Å²) in [5, 5.41) is 0. The summed E-state index contributed by atoms with van der Waals surface area (Å²) in [6, 6.07) is 18.9. The van der Waals surface area contributed by atoms with Crippen LogP contribution in [0.1, 0.15) is 101 Å². The van der Waals surface area contributed by atoms with Crippen molar-refractivity contribution < 1.29 is 4.79 Å². The highest BCUT2D eigenvalue weighted by atomic mass is 16.1. The average molecular weight is 417 g/mol. The van der Waals surface area contributed by atoms with Crippen LogP contribution in [-0.4, -0.2) is 5.78 Å². The summed E-state index contributed by atoms with van der Waals surface area (Å²) in [5.41, 5.74) is 3.25. The van der Waals surface area contributed by atoms with Crippen LogP contribution < -0.4 is 0 Å². The van der Waals surface area contributed by atoms with E-state index in [0.717, 1.165) is 24.3 Å². The molecule has 2 fully saturated rings. The lowest BCUT2D eigenvalue weighted by molar-refractivity contribution is 0.0387. The molecule has 31 heavy (non-hydrogen) atoms. The van der Waals surface area contributed by atoms with Crippen molar-refractivity contribution in [1.29, 1.82) is 0 Å². The highest BCUT2D eigenvalue weighted by Gasteiger charge is 2.46. The molecule has 2 aliphatic carbocycles. The van der Waals surface area contributed by atoms with Gasteiger partial charge in [-0.1, -0.05) is 119 Å². The summed E-state index contributed by atoms with van der Waals surface area (Å²) < 4.78 is 0. The van der Waals surface area contributed by atoms with Gasteiger partial charge in [-0.2, -0.15) is 0 Å². The van der Waals surface area contributed by atoms with Crippen LogP contribution in [0, 0.1) is 17.3 Å². The monoisotopic (exact) mass is 416 g/mol. The van der Waals surface area contributed by atoms with E-state index in [4.69, 9.17) is 0 Å². The van der Waals surface area contributed by atoms with Gasteiger partial charge >= 0.3 is 0 Å². The lowest BCUT2D eigenvalue weighted by Crippen LogP contribution is -2.42. The Bertz CT molecular complexity index is 805. The molecule has 0 unspecified atom stereocenters. The first kappa shape index (κ1) is 22.3. The molecule has 0 heterocycles. The Hall–Kier alpha value is -1.89. The van der Waals surface area contributed by atoms with E-state index < -0.39 is 0 Å². The van der Waals surface area contributed by atoms with Gasteiger partial charge in [0.25, 0.3) is 0 Å². The molecule has 4 rings (SSSR count). The molecule has 1 nitrogen and oxygen atoms in total. The van der Waals surface area contributed by atoms with Gasteiger partial charge in [0, 0.05) is 11.0 Å². The Kier molecular flexibility index (Phi) is 7.64. The van der Waals surface area contributed by atoms with Crippen molar-refractivity contribution >= 4 is 5.78 Å². The minimum absolute atomic E-state index is 0.0963. The number of hydrogen-bond acceptors (Lipinski definition) is 1. The van der Waals surface area contributed by atoms with Gasteiger partial charge < -0.3 is 0 Å². The summed E-state index contributed by atoms with van der Waals surface area (Å²) in [7, 11) is 0. The smallest absolute Gasteiger partial charge is 0.169 e. The molecule has 0 spiro atoms. The van der Waals surface area contributed by atoms with E-state index in [9.17, 15) is 4.79 Å². The quantitative estimate of drug-likeness (QED) is 0.310. The second-order valence-corrected chi connectivity index (χ2v) is 10.2. The number of hydrogen-bond donors (Lipinski definition) is 0. The third-order valence-corrected chi connectivity index (χ3v) is 8.30. The van der Waals surface area contributed by atoms with Gasteiger partial charge in [0.15, 0.2) is 5.78 Å². The Morgan fingerprint density at radius 2 is 1.45 bits per heavy atom. The van der Waals surface area contributed by atoms with Gasteiger partial charge in [0.1, 0.15) is 0 Å². The normalized spacial score (nSPS) is 23.4. The zero-order valence-electron chi connectivity index (χ0n) is 19.5. The second-order valence-electron chi connectivity index (χ2n) is 10.2. The number of Topliss-reactive ketones (excluding diaryl/α,β-unsaturated/α-hetero) is 1. The topological polar surface area (TPSA) is 17.1 Å². The van der Waals surface area contributed by atoms with Crippen molar-refractivity contribution in [3.8, 4) is 11.1 Å². The van der Waals surface area contributed by atoms with Crippen LogP contribution in [0.5, 0.6) is 0 Å². The zero-order chi connectivity index (χ0) is 21.5. The predicted octanol–water partition coefficient (Wildman–Crippen LogP) is 8.87. The largest absolute Gasteiger partial charge is 0.294 e. The predicted molar refractivity (Wildman–Crippen MR) is 131 cm³/mol. The molecule has 0 saturated heterocycles. The third kappa shape index (κ3) is 5.13. The van der Waals surface area contributed by atoms with Crippen molar-refractivity contribution in [2.24, 2.45) is 17.3 Å². The number of ketones is 1. The fourth-order valence-corrected chi connectivity index (χ4v) is 6.42. The minimum atomic E-state index is -0.0963. The van der Waals surface area contributed by atoms with E-state index in [1.807, 2.05) is 6.07 Å². The SMILES string of the molecule is CCCCCC1CCC(C2(C(=O)c3ccc(-c4ccccc4)cc3)CCCCC2)CC1. The van der Waals surface area contributed by atoms with Crippen LogP contribution in [0.25, 0.3) is 11.1 Å². The van der Waals surface area contributed by atoms with E-state index in [-0.39, 0.29) is 5.41 Å². The molecule has 0 atom stereocenters. The maximum Gasteiger partial charge on any atom is 0.169 e. The molecular weight excluding hydrogens is 376 g/mol. The summed E-state index contributed by atoms with van der Waals surface area (Å²) in [6.45, 7) is 2.29. The van der Waals surface area contributed by atoms with Gasteiger partial charge in [-0.15, -0.1) is 0 Å². The fraction of sp³-hybridized carbons (Fsp3) is 0.567. The maximum absolute atomic E-state index is 14.0. The standard InChI is InChI=1S/C30H40O/c1-2-3-6-11-24-14-20-28(21-15-24)30(22-9-5-10-23-30)29(31)27-18-16-26(17-19-27)25-12-7-4-8-13-25/h4,7-8,12-13,16-19,24,28H,2-3,5-6,9-11,14-15,20-23H2,1H3. The number of unbranched alkanes of at least 4 members (excludes halogenated alkanes) is 2. The highest BCUT2D eigenvalue weighted by Crippen LogP contribution is 2.51. The molecule has 2 aromatic rings. The van der Waals surface area contributed by atoms with Crippen molar-refractivity contribution in [1.82, 2.24) is 0 Å². The Labute approximate surface area is 189 Å². The molecule has 0 N–H and O–H groups in total. The van der Waals surface area contributed by atoms with Gasteiger partial charge in [0.2, 0.25) is 0 Å². The van der Waals surface area contributed by atoms with Gasteiger partial charge in [-0.25, -0.2) is 0 Å². The van der Waals surface area contributed by atoms with Crippen molar-refractivity contribution in [3.63, 3.8) is 0 Å². The molecule has 0 aliphatic heterocycles. The van der Waals surface area contributed by atoms with Crippen LogP contribution in [0.4, 0.5) is 0 Å². The van der Waals surface area contributed by atoms with Crippen LogP contribution >= 0.6 is 0 Å². The maximum atomic E-state index is 14.0. The molecule has 1 heteroatoms. The van der Waals surface area contributed by atoms with Crippen LogP contribution in [0.2, 0.25) is 0 Å². The van der Waals surface area contributed by atoms with Crippen molar-refractivity contribution in [2.75, 3.05) is 0 Å². The van der Waals surface area contributed by atoms with E-state index in [1.54, 1.807) is 0 Å². The Morgan fingerprint density at radius 3 is 2.10 bits per heavy atom.